The maximum absolute atomic E-state index is 13.0. The van der Waals surface area contributed by atoms with Gasteiger partial charge in [0.1, 0.15) is 5.82 Å². The Kier molecular flexibility index (Phi) is 1.33. The van der Waals surface area contributed by atoms with Gasteiger partial charge in [0.15, 0.2) is 5.88 Å². The van der Waals surface area contributed by atoms with Crippen LogP contribution >= 0.6 is 0 Å². The van der Waals surface area contributed by atoms with Crippen molar-refractivity contribution < 1.29 is 9.50 Å². The predicted octanol–water partition coefficient (Wildman–Crippen LogP) is 2.32. The fourth-order valence-electron chi connectivity index (χ4n) is 1.31. The van der Waals surface area contributed by atoms with Crippen molar-refractivity contribution in [3.05, 3.63) is 29.6 Å². The minimum absolute atomic E-state index is 0.00167. The number of halogens is 1. The normalized spacial score (nSPS) is 10.8. The van der Waals surface area contributed by atoms with Crippen molar-refractivity contribution in [3.63, 3.8) is 0 Å². The molecule has 2 aromatic rings. The molecule has 0 aliphatic heterocycles. The molecule has 1 heterocycles. The summed E-state index contributed by atoms with van der Waals surface area (Å²) < 4.78 is 13.0. The standard InChI is InChI=1S/C9H8FNO/c1-5-2-3-7(10)9-6(5)4-8(12)11-9/h2-4,11-12H,1H3. The summed E-state index contributed by atoms with van der Waals surface area (Å²) in [5.74, 6) is -0.339. The number of H-pyrrole nitrogens is 1. The van der Waals surface area contributed by atoms with Crippen LogP contribution in [0.5, 0.6) is 5.88 Å². The van der Waals surface area contributed by atoms with Gasteiger partial charge in [-0.3, -0.25) is 0 Å². The summed E-state index contributed by atoms with van der Waals surface area (Å²) in [6.07, 6.45) is 0. The molecular weight excluding hydrogens is 157 g/mol. The summed E-state index contributed by atoms with van der Waals surface area (Å²) in [4.78, 5) is 2.55. The summed E-state index contributed by atoms with van der Waals surface area (Å²) in [5.41, 5.74) is 1.32. The molecule has 0 unspecified atom stereocenters. The molecule has 0 saturated carbocycles. The highest BCUT2D eigenvalue weighted by atomic mass is 19.1. The Morgan fingerprint density at radius 3 is 2.83 bits per heavy atom. The fourth-order valence-corrected chi connectivity index (χ4v) is 1.31. The lowest BCUT2D eigenvalue weighted by Gasteiger charge is -1.95. The fraction of sp³-hybridized carbons (Fsp3) is 0.111. The van der Waals surface area contributed by atoms with Crippen LogP contribution < -0.4 is 0 Å². The Morgan fingerprint density at radius 1 is 1.42 bits per heavy atom. The Balaban J connectivity index is 2.93. The van der Waals surface area contributed by atoms with Crippen LogP contribution in [0.15, 0.2) is 18.2 Å². The summed E-state index contributed by atoms with van der Waals surface area (Å²) in [5, 5.41) is 9.81. The Morgan fingerprint density at radius 2 is 2.17 bits per heavy atom. The second-order valence-corrected chi connectivity index (χ2v) is 2.81. The predicted molar refractivity (Wildman–Crippen MR) is 44.7 cm³/mol. The number of rotatable bonds is 0. The van der Waals surface area contributed by atoms with Crippen LogP contribution in [0.25, 0.3) is 10.9 Å². The lowest BCUT2D eigenvalue weighted by molar-refractivity contribution is 0.458. The van der Waals surface area contributed by atoms with E-state index in [1.165, 1.54) is 12.1 Å². The number of hydrogen-bond acceptors (Lipinski definition) is 1. The molecule has 62 valence electrons. The number of aromatic nitrogens is 1. The van der Waals surface area contributed by atoms with Gasteiger partial charge in [0.25, 0.3) is 0 Å². The quantitative estimate of drug-likeness (QED) is 0.617. The van der Waals surface area contributed by atoms with E-state index in [-0.39, 0.29) is 11.7 Å². The second-order valence-electron chi connectivity index (χ2n) is 2.81. The van der Waals surface area contributed by atoms with Gasteiger partial charge in [0.05, 0.1) is 5.52 Å². The number of aromatic hydroxyl groups is 1. The zero-order chi connectivity index (χ0) is 8.72. The molecule has 2 N–H and O–H groups in total. The Hall–Kier alpha value is -1.51. The molecule has 2 rings (SSSR count). The van der Waals surface area contributed by atoms with E-state index in [4.69, 9.17) is 5.11 Å². The van der Waals surface area contributed by atoms with Gasteiger partial charge in [-0.05, 0) is 18.6 Å². The number of nitrogens with one attached hydrogen (secondary N) is 1. The van der Waals surface area contributed by atoms with Gasteiger partial charge in [-0.15, -0.1) is 0 Å². The molecule has 0 aliphatic rings. The number of aryl methyl sites for hydroxylation is 1. The average molecular weight is 165 g/mol. The van der Waals surface area contributed by atoms with Crippen LogP contribution in [-0.4, -0.2) is 10.1 Å². The molecule has 0 bridgehead atoms. The topological polar surface area (TPSA) is 36.0 Å². The molecule has 3 heteroatoms. The van der Waals surface area contributed by atoms with Gasteiger partial charge in [-0.25, -0.2) is 4.39 Å². The monoisotopic (exact) mass is 165 g/mol. The maximum Gasteiger partial charge on any atom is 0.189 e. The van der Waals surface area contributed by atoms with E-state index in [9.17, 15) is 4.39 Å². The third kappa shape index (κ3) is 0.863. The zero-order valence-electron chi connectivity index (χ0n) is 6.56. The third-order valence-corrected chi connectivity index (χ3v) is 1.95. The van der Waals surface area contributed by atoms with Gasteiger partial charge in [-0.1, -0.05) is 6.07 Å². The number of hydrogen-bond donors (Lipinski definition) is 2. The Bertz CT molecular complexity index is 394. The molecule has 12 heavy (non-hydrogen) atoms. The van der Waals surface area contributed by atoms with Crippen LogP contribution in [0.4, 0.5) is 4.39 Å². The molecule has 2 nitrogen and oxygen atoms in total. The van der Waals surface area contributed by atoms with E-state index in [1.54, 1.807) is 6.07 Å². The van der Waals surface area contributed by atoms with Gasteiger partial charge in [0.2, 0.25) is 0 Å². The van der Waals surface area contributed by atoms with Crippen molar-refractivity contribution >= 4 is 10.9 Å². The van der Waals surface area contributed by atoms with Crippen molar-refractivity contribution in [1.29, 1.82) is 0 Å². The number of fused-ring (bicyclic) bond motifs is 1. The first-order valence-corrected chi connectivity index (χ1v) is 3.65. The molecule has 1 aromatic carbocycles. The molecule has 0 radical (unpaired) electrons. The van der Waals surface area contributed by atoms with Crippen LogP contribution in [0.3, 0.4) is 0 Å². The highest BCUT2D eigenvalue weighted by Crippen LogP contribution is 2.24. The van der Waals surface area contributed by atoms with E-state index in [0.717, 1.165) is 10.9 Å². The molecule has 1 aromatic heterocycles. The van der Waals surface area contributed by atoms with Crippen molar-refractivity contribution in [1.82, 2.24) is 4.98 Å². The van der Waals surface area contributed by atoms with Gasteiger partial charge >= 0.3 is 0 Å². The number of aromatic amines is 1. The minimum Gasteiger partial charge on any atom is -0.495 e. The van der Waals surface area contributed by atoms with Gasteiger partial charge in [0, 0.05) is 11.5 Å². The first-order chi connectivity index (χ1) is 5.68. The SMILES string of the molecule is Cc1ccc(F)c2[nH]c(O)cc12. The Labute approximate surface area is 68.6 Å². The van der Waals surface area contributed by atoms with E-state index in [0.29, 0.717) is 5.52 Å². The molecule has 0 amide bonds. The maximum atomic E-state index is 13.0. The molecule has 0 aliphatic carbocycles. The van der Waals surface area contributed by atoms with Crippen molar-refractivity contribution in [2.45, 2.75) is 6.92 Å². The van der Waals surface area contributed by atoms with Crippen molar-refractivity contribution in [2.24, 2.45) is 0 Å². The van der Waals surface area contributed by atoms with Crippen LogP contribution in [0.2, 0.25) is 0 Å². The summed E-state index contributed by atoms with van der Waals surface area (Å²) in [6.45, 7) is 1.87. The molecule has 0 spiro atoms. The first kappa shape index (κ1) is 7.16. The third-order valence-electron chi connectivity index (χ3n) is 1.95. The second kappa shape index (κ2) is 2.24. The molecule has 0 fully saturated rings. The smallest absolute Gasteiger partial charge is 0.189 e. The first-order valence-electron chi connectivity index (χ1n) is 3.65. The van der Waals surface area contributed by atoms with E-state index in [1.807, 2.05) is 6.92 Å². The van der Waals surface area contributed by atoms with Gasteiger partial charge < -0.3 is 10.1 Å². The average Bonchev–Trinajstić information content (AvgIpc) is 2.41. The summed E-state index contributed by atoms with van der Waals surface area (Å²) in [7, 11) is 0. The summed E-state index contributed by atoms with van der Waals surface area (Å²) in [6, 6.07) is 4.59. The van der Waals surface area contributed by atoms with E-state index < -0.39 is 0 Å². The van der Waals surface area contributed by atoms with E-state index in [2.05, 4.69) is 4.98 Å². The highest BCUT2D eigenvalue weighted by Gasteiger charge is 2.05. The van der Waals surface area contributed by atoms with Crippen LogP contribution in [0.1, 0.15) is 5.56 Å². The highest BCUT2D eigenvalue weighted by molar-refractivity contribution is 5.84. The summed E-state index contributed by atoms with van der Waals surface area (Å²) >= 11 is 0. The zero-order valence-corrected chi connectivity index (χ0v) is 6.56. The van der Waals surface area contributed by atoms with Gasteiger partial charge in [-0.2, -0.15) is 0 Å². The minimum atomic E-state index is -0.337. The molecular formula is C9H8FNO. The van der Waals surface area contributed by atoms with Crippen LogP contribution in [0, 0.1) is 12.7 Å². The van der Waals surface area contributed by atoms with E-state index >= 15 is 0 Å². The van der Waals surface area contributed by atoms with Crippen molar-refractivity contribution in [3.8, 4) is 5.88 Å². The molecule has 0 saturated heterocycles. The molecule has 0 atom stereocenters. The van der Waals surface area contributed by atoms with Crippen molar-refractivity contribution in [2.75, 3.05) is 0 Å². The van der Waals surface area contributed by atoms with Crippen LogP contribution in [-0.2, 0) is 0 Å². The lowest BCUT2D eigenvalue weighted by atomic mass is 10.1. The number of benzene rings is 1. The largest absolute Gasteiger partial charge is 0.495 e. The lowest BCUT2D eigenvalue weighted by Crippen LogP contribution is -1.79.